The van der Waals surface area contributed by atoms with Crippen LogP contribution in [0.1, 0.15) is 11.1 Å². The van der Waals surface area contributed by atoms with E-state index in [1.54, 1.807) is 43.5 Å². The standard InChI is InChI=1S/C24H18ClNO3/c1-29-20-12-6-16(7-13-20)14-18-15-22(17-8-10-19(25)11-9-17)26(24(18)28)21-4-2-3-5-23(21)27/h2-15,27H,1H3/b18-14-. The van der Waals surface area contributed by atoms with Crippen molar-refractivity contribution in [2.75, 3.05) is 12.0 Å². The molecule has 0 atom stereocenters. The van der Waals surface area contributed by atoms with Gasteiger partial charge < -0.3 is 9.84 Å². The van der Waals surface area contributed by atoms with E-state index < -0.39 is 0 Å². The number of ether oxygens (including phenoxy) is 1. The van der Waals surface area contributed by atoms with Crippen molar-refractivity contribution in [2.45, 2.75) is 0 Å². The number of benzene rings is 3. The third-order valence-electron chi connectivity index (χ3n) is 4.68. The second-order valence-electron chi connectivity index (χ2n) is 6.54. The first-order valence-corrected chi connectivity index (χ1v) is 9.40. The number of anilines is 1. The number of halogens is 1. The molecule has 144 valence electrons. The van der Waals surface area contributed by atoms with Gasteiger partial charge in [0.2, 0.25) is 0 Å². The molecule has 1 N–H and O–H groups in total. The second kappa shape index (κ2) is 7.86. The summed E-state index contributed by atoms with van der Waals surface area (Å²) in [5, 5.41) is 11.0. The molecule has 0 unspecified atom stereocenters. The van der Waals surface area contributed by atoms with Gasteiger partial charge in [0.25, 0.3) is 5.91 Å². The number of phenolic OH excluding ortho intramolecular Hbond substituents is 1. The minimum Gasteiger partial charge on any atom is -0.506 e. The molecule has 3 aromatic carbocycles. The Kier molecular flexibility index (Phi) is 5.10. The molecule has 5 heteroatoms. The Hall–Kier alpha value is -3.50. The summed E-state index contributed by atoms with van der Waals surface area (Å²) in [6.45, 7) is 0. The number of rotatable bonds is 4. The highest BCUT2D eigenvalue weighted by molar-refractivity contribution is 6.30. The maximum absolute atomic E-state index is 13.3. The van der Waals surface area contributed by atoms with Gasteiger partial charge in [-0.1, -0.05) is 48.0 Å². The SMILES string of the molecule is COc1ccc(/C=C2/C=C(c3ccc(Cl)cc3)N(c3ccccc3O)C2=O)cc1. The fourth-order valence-electron chi connectivity index (χ4n) is 3.22. The van der Waals surface area contributed by atoms with Gasteiger partial charge in [-0.2, -0.15) is 0 Å². The Labute approximate surface area is 173 Å². The lowest BCUT2D eigenvalue weighted by Gasteiger charge is -2.21. The average molecular weight is 404 g/mol. The highest BCUT2D eigenvalue weighted by Crippen LogP contribution is 2.39. The monoisotopic (exact) mass is 403 g/mol. The van der Waals surface area contributed by atoms with Crippen LogP contribution in [0.25, 0.3) is 11.8 Å². The summed E-state index contributed by atoms with van der Waals surface area (Å²) in [7, 11) is 1.61. The van der Waals surface area contributed by atoms with Crippen molar-refractivity contribution >= 4 is 35.0 Å². The summed E-state index contributed by atoms with van der Waals surface area (Å²) in [5.41, 5.74) is 3.32. The largest absolute Gasteiger partial charge is 0.506 e. The van der Waals surface area contributed by atoms with E-state index in [2.05, 4.69) is 0 Å². The number of amides is 1. The van der Waals surface area contributed by atoms with Crippen LogP contribution in [0.3, 0.4) is 0 Å². The summed E-state index contributed by atoms with van der Waals surface area (Å²) in [4.78, 5) is 14.8. The fraction of sp³-hybridized carbons (Fsp3) is 0.0417. The number of carbonyl (C=O) groups is 1. The molecule has 4 nitrogen and oxygen atoms in total. The predicted octanol–water partition coefficient (Wildman–Crippen LogP) is 5.53. The van der Waals surface area contributed by atoms with Crippen LogP contribution in [0.15, 0.2) is 84.4 Å². The van der Waals surface area contributed by atoms with Crippen LogP contribution < -0.4 is 9.64 Å². The van der Waals surface area contributed by atoms with Gasteiger partial charge in [-0.3, -0.25) is 9.69 Å². The fourth-order valence-corrected chi connectivity index (χ4v) is 3.35. The molecular formula is C24H18ClNO3. The van der Waals surface area contributed by atoms with Crippen molar-refractivity contribution in [2.24, 2.45) is 0 Å². The summed E-state index contributed by atoms with van der Waals surface area (Å²) >= 11 is 6.02. The molecule has 0 aromatic heterocycles. The molecular weight excluding hydrogens is 386 g/mol. The number of hydrogen-bond donors (Lipinski definition) is 1. The first-order valence-electron chi connectivity index (χ1n) is 9.02. The van der Waals surface area contributed by atoms with Gasteiger partial charge in [-0.25, -0.2) is 0 Å². The molecule has 4 rings (SSSR count). The zero-order valence-corrected chi connectivity index (χ0v) is 16.4. The number of para-hydroxylation sites is 2. The van der Waals surface area contributed by atoms with Crippen LogP contribution in [-0.2, 0) is 4.79 Å². The molecule has 0 bridgehead atoms. The highest BCUT2D eigenvalue weighted by atomic mass is 35.5. The predicted molar refractivity (Wildman–Crippen MR) is 116 cm³/mol. The first-order chi connectivity index (χ1) is 14.1. The van der Waals surface area contributed by atoms with Crippen molar-refractivity contribution in [3.05, 3.63) is 101 Å². The van der Waals surface area contributed by atoms with E-state index >= 15 is 0 Å². The molecule has 3 aromatic rings. The van der Waals surface area contributed by atoms with E-state index in [1.165, 1.54) is 4.90 Å². The maximum Gasteiger partial charge on any atom is 0.263 e. The molecule has 0 spiro atoms. The van der Waals surface area contributed by atoms with Crippen LogP contribution in [-0.4, -0.2) is 18.1 Å². The Morgan fingerprint density at radius 1 is 0.966 bits per heavy atom. The maximum atomic E-state index is 13.3. The number of carbonyl (C=O) groups excluding carboxylic acids is 1. The lowest BCUT2D eigenvalue weighted by molar-refractivity contribution is -0.113. The van der Waals surface area contributed by atoms with E-state index in [0.29, 0.717) is 22.0 Å². The molecule has 1 amide bonds. The summed E-state index contributed by atoms with van der Waals surface area (Å²) in [6, 6.07) is 21.5. The molecule has 1 aliphatic heterocycles. The molecule has 0 radical (unpaired) electrons. The zero-order valence-electron chi connectivity index (χ0n) is 15.7. The number of phenols is 1. The van der Waals surface area contributed by atoms with Crippen LogP contribution in [0.2, 0.25) is 5.02 Å². The van der Waals surface area contributed by atoms with Gasteiger partial charge in [-0.05, 0) is 59.7 Å². The number of nitrogens with zero attached hydrogens (tertiary/aromatic N) is 1. The summed E-state index contributed by atoms with van der Waals surface area (Å²) in [6.07, 6.45) is 3.64. The number of methoxy groups -OCH3 is 1. The molecule has 0 saturated carbocycles. The number of hydrogen-bond acceptors (Lipinski definition) is 3. The Bertz CT molecular complexity index is 1120. The zero-order chi connectivity index (χ0) is 20.4. The molecule has 1 heterocycles. The van der Waals surface area contributed by atoms with Crippen LogP contribution >= 0.6 is 11.6 Å². The second-order valence-corrected chi connectivity index (χ2v) is 6.98. The van der Waals surface area contributed by atoms with E-state index in [4.69, 9.17) is 16.3 Å². The van der Waals surface area contributed by atoms with Crippen LogP contribution in [0.4, 0.5) is 5.69 Å². The van der Waals surface area contributed by atoms with Gasteiger partial charge in [-0.15, -0.1) is 0 Å². The topological polar surface area (TPSA) is 49.8 Å². The molecule has 29 heavy (non-hydrogen) atoms. The lowest BCUT2D eigenvalue weighted by Crippen LogP contribution is -2.25. The highest BCUT2D eigenvalue weighted by Gasteiger charge is 2.31. The van der Waals surface area contributed by atoms with Gasteiger partial charge in [0, 0.05) is 10.6 Å². The minimum absolute atomic E-state index is 0.0337. The van der Waals surface area contributed by atoms with E-state index in [9.17, 15) is 9.90 Å². The third kappa shape index (κ3) is 3.75. The van der Waals surface area contributed by atoms with Gasteiger partial charge in [0.05, 0.1) is 18.5 Å². The van der Waals surface area contributed by atoms with E-state index in [1.807, 2.05) is 48.6 Å². The number of aromatic hydroxyl groups is 1. The quantitative estimate of drug-likeness (QED) is 0.583. The smallest absolute Gasteiger partial charge is 0.263 e. The Morgan fingerprint density at radius 2 is 1.66 bits per heavy atom. The van der Waals surface area contributed by atoms with Crippen molar-refractivity contribution in [3.8, 4) is 11.5 Å². The lowest BCUT2D eigenvalue weighted by atomic mass is 10.1. The Morgan fingerprint density at radius 3 is 2.31 bits per heavy atom. The normalized spacial score (nSPS) is 15.0. The minimum atomic E-state index is -0.215. The van der Waals surface area contributed by atoms with E-state index in [0.717, 1.165) is 16.9 Å². The molecule has 1 aliphatic rings. The van der Waals surface area contributed by atoms with Crippen molar-refractivity contribution in [3.63, 3.8) is 0 Å². The van der Waals surface area contributed by atoms with Gasteiger partial charge >= 0.3 is 0 Å². The third-order valence-corrected chi connectivity index (χ3v) is 4.94. The molecule has 0 fully saturated rings. The first kappa shape index (κ1) is 18.8. The van der Waals surface area contributed by atoms with E-state index in [-0.39, 0.29) is 11.7 Å². The van der Waals surface area contributed by atoms with Crippen LogP contribution in [0, 0.1) is 0 Å². The summed E-state index contributed by atoms with van der Waals surface area (Å²) < 4.78 is 5.19. The van der Waals surface area contributed by atoms with Crippen molar-refractivity contribution in [1.29, 1.82) is 0 Å². The summed E-state index contributed by atoms with van der Waals surface area (Å²) in [5.74, 6) is 0.566. The Balaban J connectivity index is 1.81. The van der Waals surface area contributed by atoms with Crippen molar-refractivity contribution in [1.82, 2.24) is 0 Å². The van der Waals surface area contributed by atoms with Gasteiger partial charge in [0.1, 0.15) is 11.5 Å². The van der Waals surface area contributed by atoms with Crippen LogP contribution in [0.5, 0.6) is 11.5 Å². The average Bonchev–Trinajstić information content (AvgIpc) is 3.05. The van der Waals surface area contributed by atoms with Crippen molar-refractivity contribution < 1.29 is 14.6 Å². The molecule has 0 aliphatic carbocycles. The van der Waals surface area contributed by atoms with Gasteiger partial charge in [0.15, 0.2) is 0 Å². The molecule has 0 saturated heterocycles.